The van der Waals surface area contributed by atoms with Gasteiger partial charge in [-0.15, -0.1) is 0 Å². The third-order valence-electron chi connectivity index (χ3n) is 3.21. The summed E-state index contributed by atoms with van der Waals surface area (Å²) < 4.78 is 6.09. The Hall–Kier alpha value is -2.22. The van der Waals surface area contributed by atoms with Crippen LogP contribution in [-0.2, 0) is 16.1 Å². The third kappa shape index (κ3) is 4.12. The Morgan fingerprint density at radius 1 is 1.52 bits per heavy atom. The molecule has 2 amide bonds. The molecule has 1 atom stereocenters. The van der Waals surface area contributed by atoms with Crippen molar-refractivity contribution >= 4 is 11.8 Å². The van der Waals surface area contributed by atoms with E-state index in [0.717, 1.165) is 0 Å². The molecule has 21 heavy (non-hydrogen) atoms. The lowest BCUT2D eigenvalue weighted by Gasteiger charge is -2.23. The van der Waals surface area contributed by atoms with Gasteiger partial charge in [0.05, 0.1) is 13.2 Å². The molecule has 0 saturated carbocycles. The number of carbonyl (C=O) groups is 2. The Balaban J connectivity index is 2.01. The molecule has 1 fully saturated rings. The largest absolute Gasteiger partial charge is 0.383 e. The van der Waals surface area contributed by atoms with E-state index >= 15 is 0 Å². The quantitative estimate of drug-likeness (QED) is 0.717. The fourth-order valence-electron chi connectivity index (χ4n) is 2.02. The highest BCUT2D eigenvalue weighted by atomic mass is 16.5. The molecule has 0 bridgehead atoms. The van der Waals surface area contributed by atoms with E-state index in [-0.39, 0.29) is 35.7 Å². The minimum Gasteiger partial charge on any atom is -0.383 e. The molecule has 8 heteroatoms. The van der Waals surface area contributed by atoms with E-state index in [1.54, 1.807) is 0 Å². The van der Waals surface area contributed by atoms with Gasteiger partial charge in [0.2, 0.25) is 5.91 Å². The Morgan fingerprint density at radius 2 is 2.33 bits per heavy atom. The van der Waals surface area contributed by atoms with Crippen LogP contribution in [0.4, 0.5) is 0 Å². The van der Waals surface area contributed by atoms with Crippen molar-refractivity contribution in [3.8, 4) is 0 Å². The number of rotatable bonds is 5. The monoisotopic (exact) mass is 294 g/mol. The third-order valence-corrected chi connectivity index (χ3v) is 3.21. The summed E-state index contributed by atoms with van der Waals surface area (Å²) >= 11 is 0. The van der Waals surface area contributed by atoms with Gasteiger partial charge in [-0.1, -0.05) is 0 Å². The first kappa shape index (κ1) is 15.2. The maximum Gasteiger partial charge on any atom is 0.272 e. The van der Waals surface area contributed by atoms with Gasteiger partial charge in [0.1, 0.15) is 5.69 Å². The number of amides is 2. The number of hydrogen-bond donors (Lipinski definition) is 2. The Morgan fingerprint density at radius 3 is 3.00 bits per heavy atom. The van der Waals surface area contributed by atoms with Crippen LogP contribution >= 0.6 is 0 Å². The van der Waals surface area contributed by atoms with Gasteiger partial charge in [-0.3, -0.25) is 14.4 Å². The molecule has 2 heterocycles. The average molecular weight is 294 g/mol. The lowest BCUT2D eigenvalue weighted by atomic mass is 10.1. The zero-order valence-corrected chi connectivity index (χ0v) is 11.8. The van der Waals surface area contributed by atoms with E-state index < -0.39 is 0 Å². The number of ether oxygens (including phenoxy) is 1. The molecule has 114 valence electrons. The smallest absolute Gasteiger partial charge is 0.272 e. The summed E-state index contributed by atoms with van der Waals surface area (Å²) in [7, 11) is 1.53. The van der Waals surface area contributed by atoms with Gasteiger partial charge < -0.3 is 15.4 Å². The number of nitrogens with zero attached hydrogens (tertiary/aromatic N) is 2. The number of piperidine rings is 1. The van der Waals surface area contributed by atoms with E-state index in [1.807, 2.05) is 0 Å². The fraction of sp³-hybridized carbons (Fsp3) is 0.538. The lowest BCUT2D eigenvalue weighted by molar-refractivity contribution is -0.122. The maximum absolute atomic E-state index is 12.1. The summed E-state index contributed by atoms with van der Waals surface area (Å²) in [5.74, 6) is -0.367. The number of hydrogen-bond acceptors (Lipinski definition) is 5. The van der Waals surface area contributed by atoms with Crippen molar-refractivity contribution in [2.75, 3.05) is 20.3 Å². The minimum atomic E-state index is -0.359. The Kier molecular flexibility index (Phi) is 5.04. The highest BCUT2D eigenvalue weighted by Gasteiger charge is 2.21. The second-order valence-electron chi connectivity index (χ2n) is 4.79. The van der Waals surface area contributed by atoms with Crippen LogP contribution in [0.15, 0.2) is 16.9 Å². The van der Waals surface area contributed by atoms with Crippen LogP contribution in [0.25, 0.3) is 0 Å². The number of methoxy groups -OCH3 is 1. The second kappa shape index (κ2) is 6.98. The van der Waals surface area contributed by atoms with Crippen LogP contribution in [0.1, 0.15) is 23.3 Å². The van der Waals surface area contributed by atoms with Crippen molar-refractivity contribution in [3.05, 3.63) is 28.2 Å². The van der Waals surface area contributed by atoms with Crippen molar-refractivity contribution in [1.82, 2.24) is 20.4 Å². The van der Waals surface area contributed by atoms with Gasteiger partial charge in [0, 0.05) is 32.2 Å². The first-order valence-electron chi connectivity index (χ1n) is 6.75. The van der Waals surface area contributed by atoms with Crippen molar-refractivity contribution < 1.29 is 14.3 Å². The highest BCUT2D eigenvalue weighted by molar-refractivity contribution is 5.92. The van der Waals surface area contributed by atoms with Gasteiger partial charge >= 0.3 is 0 Å². The molecule has 1 saturated heterocycles. The van der Waals surface area contributed by atoms with Gasteiger partial charge in [-0.25, -0.2) is 4.68 Å². The molecule has 0 aromatic carbocycles. The molecule has 2 rings (SSSR count). The number of nitrogens with one attached hydrogen (secondary N) is 2. The standard InChI is InChI=1S/C13H18N4O4/c1-21-7-6-17-12(19)5-3-10(16-17)13(20)15-9-2-4-11(18)14-8-9/h3,5,9H,2,4,6-8H2,1H3,(H,14,18)(H,15,20). The summed E-state index contributed by atoms with van der Waals surface area (Å²) in [6, 6.07) is 2.58. The summed E-state index contributed by atoms with van der Waals surface area (Å²) in [5.41, 5.74) is -0.115. The second-order valence-corrected chi connectivity index (χ2v) is 4.79. The van der Waals surface area contributed by atoms with Crippen molar-refractivity contribution in [1.29, 1.82) is 0 Å². The van der Waals surface area contributed by atoms with E-state index in [9.17, 15) is 14.4 Å². The van der Waals surface area contributed by atoms with Crippen LogP contribution in [0.5, 0.6) is 0 Å². The van der Waals surface area contributed by atoms with Crippen molar-refractivity contribution in [2.45, 2.75) is 25.4 Å². The predicted molar refractivity (Wildman–Crippen MR) is 73.9 cm³/mol. The molecule has 0 radical (unpaired) electrons. The SMILES string of the molecule is COCCn1nc(C(=O)NC2CCC(=O)NC2)ccc1=O. The predicted octanol–water partition coefficient (Wildman–Crippen LogP) is -1.10. The highest BCUT2D eigenvalue weighted by Crippen LogP contribution is 2.03. The van der Waals surface area contributed by atoms with E-state index in [4.69, 9.17) is 4.74 Å². The molecule has 1 aliphatic rings. The zero-order valence-electron chi connectivity index (χ0n) is 11.8. The Labute approximate surface area is 121 Å². The van der Waals surface area contributed by atoms with Crippen LogP contribution < -0.4 is 16.2 Å². The molecule has 0 aliphatic carbocycles. The fourth-order valence-corrected chi connectivity index (χ4v) is 2.02. The number of aromatic nitrogens is 2. The maximum atomic E-state index is 12.1. The van der Waals surface area contributed by atoms with Gasteiger partial charge in [-0.05, 0) is 12.5 Å². The molecule has 2 N–H and O–H groups in total. The van der Waals surface area contributed by atoms with E-state index in [0.29, 0.717) is 26.0 Å². The number of carbonyl (C=O) groups excluding carboxylic acids is 2. The van der Waals surface area contributed by atoms with Crippen LogP contribution in [0, 0.1) is 0 Å². The van der Waals surface area contributed by atoms with Gasteiger partial charge in [0.15, 0.2) is 0 Å². The van der Waals surface area contributed by atoms with E-state index in [1.165, 1.54) is 23.9 Å². The van der Waals surface area contributed by atoms with Gasteiger partial charge in [0.25, 0.3) is 11.5 Å². The van der Waals surface area contributed by atoms with Crippen molar-refractivity contribution in [3.63, 3.8) is 0 Å². The normalized spacial score (nSPS) is 18.1. The zero-order chi connectivity index (χ0) is 15.2. The average Bonchev–Trinajstić information content (AvgIpc) is 2.48. The first-order chi connectivity index (χ1) is 10.1. The summed E-state index contributed by atoms with van der Waals surface area (Å²) in [5, 5.41) is 9.50. The molecule has 1 aliphatic heterocycles. The molecule has 1 unspecified atom stereocenters. The molecule has 1 aromatic heterocycles. The summed E-state index contributed by atoms with van der Waals surface area (Å²) in [6.07, 6.45) is 0.993. The molecule has 0 spiro atoms. The summed E-state index contributed by atoms with van der Waals surface area (Å²) in [4.78, 5) is 34.8. The van der Waals surface area contributed by atoms with Crippen LogP contribution in [0.3, 0.4) is 0 Å². The van der Waals surface area contributed by atoms with Crippen LogP contribution in [-0.4, -0.2) is 47.9 Å². The van der Waals surface area contributed by atoms with Crippen molar-refractivity contribution in [2.24, 2.45) is 0 Å². The molecular formula is C13H18N4O4. The first-order valence-corrected chi connectivity index (χ1v) is 6.75. The topological polar surface area (TPSA) is 102 Å². The Bertz CT molecular complexity index is 574. The molecule has 8 nitrogen and oxygen atoms in total. The van der Waals surface area contributed by atoms with Crippen LogP contribution in [0.2, 0.25) is 0 Å². The lowest BCUT2D eigenvalue weighted by Crippen LogP contribution is -2.48. The minimum absolute atomic E-state index is 0.00765. The molecular weight excluding hydrogens is 276 g/mol. The summed E-state index contributed by atoms with van der Waals surface area (Å²) in [6.45, 7) is 1.04. The van der Waals surface area contributed by atoms with E-state index in [2.05, 4.69) is 15.7 Å². The molecule has 1 aromatic rings. The van der Waals surface area contributed by atoms with Gasteiger partial charge in [-0.2, -0.15) is 5.10 Å².